The molecule has 3 aliphatic rings. The highest BCUT2D eigenvalue weighted by atomic mass is 16.2. The van der Waals surface area contributed by atoms with Crippen molar-refractivity contribution in [2.24, 2.45) is 10.7 Å². The SMILES string of the molecule is CC(C)(N)C(=O)N1CCC(c2ccc(NC(=O)C3=NC(C#N)CN3)c(C3=CCCCC3)c2)CC1. The van der Waals surface area contributed by atoms with Crippen LogP contribution in [0.1, 0.15) is 69.4 Å². The van der Waals surface area contributed by atoms with Crippen molar-refractivity contribution >= 4 is 28.9 Å². The number of amides is 2. The van der Waals surface area contributed by atoms with Crippen LogP contribution in [0.25, 0.3) is 5.57 Å². The number of allylic oxidation sites excluding steroid dienone is 2. The van der Waals surface area contributed by atoms with Gasteiger partial charge in [-0.15, -0.1) is 0 Å². The van der Waals surface area contributed by atoms with E-state index in [1.807, 2.05) is 11.0 Å². The Bertz CT molecular complexity index is 1050. The van der Waals surface area contributed by atoms with Crippen LogP contribution in [0, 0.1) is 11.3 Å². The Labute approximate surface area is 201 Å². The van der Waals surface area contributed by atoms with Gasteiger partial charge in [-0.3, -0.25) is 9.59 Å². The van der Waals surface area contributed by atoms with Crippen LogP contribution in [0.15, 0.2) is 29.3 Å². The molecule has 2 aliphatic heterocycles. The molecule has 0 radical (unpaired) electrons. The van der Waals surface area contributed by atoms with Gasteiger partial charge in [0, 0.05) is 24.3 Å². The second-order valence-corrected chi connectivity index (χ2v) is 10.0. The van der Waals surface area contributed by atoms with Crippen molar-refractivity contribution in [2.75, 3.05) is 25.0 Å². The summed E-state index contributed by atoms with van der Waals surface area (Å²) in [5, 5.41) is 15.0. The van der Waals surface area contributed by atoms with Crippen molar-refractivity contribution in [2.45, 2.75) is 69.9 Å². The molecule has 4 N–H and O–H groups in total. The molecule has 1 saturated heterocycles. The quantitative estimate of drug-likeness (QED) is 0.621. The summed E-state index contributed by atoms with van der Waals surface area (Å²) in [5.41, 5.74) is 9.49. The number of nitrogens with two attached hydrogens (primary N) is 1. The van der Waals surface area contributed by atoms with Gasteiger partial charge in [0.15, 0.2) is 11.9 Å². The summed E-state index contributed by atoms with van der Waals surface area (Å²) >= 11 is 0. The second kappa shape index (κ2) is 9.98. The number of amidine groups is 1. The number of piperidine rings is 1. The summed E-state index contributed by atoms with van der Waals surface area (Å²) < 4.78 is 0. The van der Waals surface area contributed by atoms with Gasteiger partial charge in [-0.1, -0.05) is 12.1 Å². The average molecular weight is 463 g/mol. The number of rotatable bonds is 5. The van der Waals surface area contributed by atoms with Crippen molar-refractivity contribution in [1.82, 2.24) is 10.2 Å². The maximum atomic E-state index is 12.8. The molecular formula is C26H34N6O2. The molecule has 1 aliphatic carbocycles. The Morgan fingerprint density at radius 2 is 2.03 bits per heavy atom. The number of anilines is 1. The van der Waals surface area contributed by atoms with Crippen LogP contribution in [0.2, 0.25) is 0 Å². The highest BCUT2D eigenvalue weighted by molar-refractivity contribution is 6.42. The number of nitrogens with one attached hydrogen (secondary N) is 2. The predicted molar refractivity (Wildman–Crippen MR) is 133 cm³/mol. The lowest BCUT2D eigenvalue weighted by Crippen LogP contribution is -2.53. The molecule has 0 bridgehead atoms. The molecule has 180 valence electrons. The maximum Gasteiger partial charge on any atom is 0.290 e. The minimum atomic E-state index is -0.848. The molecule has 8 heteroatoms. The van der Waals surface area contributed by atoms with Crippen molar-refractivity contribution in [1.29, 1.82) is 5.26 Å². The number of hydrogen-bond donors (Lipinski definition) is 3. The molecule has 1 aromatic carbocycles. The monoisotopic (exact) mass is 462 g/mol. The van der Waals surface area contributed by atoms with Crippen molar-refractivity contribution in [3.05, 3.63) is 35.4 Å². The van der Waals surface area contributed by atoms with E-state index >= 15 is 0 Å². The lowest BCUT2D eigenvalue weighted by atomic mass is 9.85. The van der Waals surface area contributed by atoms with Crippen LogP contribution in [0.4, 0.5) is 5.69 Å². The largest absolute Gasteiger partial charge is 0.362 e. The number of likely N-dealkylation sites (tertiary alicyclic amines) is 1. The summed E-state index contributed by atoms with van der Waals surface area (Å²) in [6.07, 6.45) is 8.41. The van der Waals surface area contributed by atoms with Crippen molar-refractivity contribution < 1.29 is 9.59 Å². The normalized spacial score (nSPS) is 21.2. The van der Waals surface area contributed by atoms with E-state index < -0.39 is 11.6 Å². The van der Waals surface area contributed by atoms with Crippen molar-refractivity contribution in [3.63, 3.8) is 0 Å². The standard InChI is InChI=1S/C26H34N6O2/c1-26(2,28)25(34)32-12-10-17(11-13-32)19-8-9-22(21(14-19)18-6-4-3-5-7-18)31-24(33)23-29-16-20(15-27)30-23/h6,8-9,14,17,20H,3-5,7,10-13,16,28H2,1-2H3,(H,29,30)(H,31,33). The van der Waals surface area contributed by atoms with E-state index in [1.165, 1.54) is 17.6 Å². The van der Waals surface area contributed by atoms with Gasteiger partial charge in [0.25, 0.3) is 5.91 Å². The van der Waals surface area contributed by atoms with E-state index in [1.54, 1.807) is 13.8 Å². The van der Waals surface area contributed by atoms with Crippen LogP contribution < -0.4 is 16.4 Å². The number of aliphatic imine (C=N–C) groups is 1. The Morgan fingerprint density at radius 1 is 1.26 bits per heavy atom. The third-order valence-corrected chi connectivity index (χ3v) is 6.85. The zero-order valence-corrected chi connectivity index (χ0v) is 20.1. The second-order valence-electron chi connectivity index (χ2n) is 10.0. The fraction of sp³-hybridized carbons (Fsp3) is 0.538. The van der Waals surface area contributed by atoms with E-state index in [4.69, 9.17) is 11.0 Å². The van der Waals surface area contributed by atoms with Gasteiger partial charge < -0.3 is 21.3 Å². The number of carbonyl (C=O) groups is 2. The number of hydrogen-bond acceptors (Lipinski definition) is 6. The average Bonchev–Trinajstić information content (AvgIpc) is 3.34. The topological polar surface area (TPSA) is 124 Å². The molecule has 0 spiro atoms. The summed E-state index contributed by atoms with van der Waals surface area (Å²) in [5.74, 6) is 0.243. The van der Waals surface area contributed by atoms with Gasteiger partial charge in [-0.25, -0.2) is 4.99 Å². The highest BCUT2D eigenvalue weighted by Crippen LogP contribution is 2.36. The van der Waals surface area contributed by atoms with E-state index in [-0.39, 0.29) is 17.6 Å². The van der Waals surface area contributed by atoms with Gasteiger partial charge in [0.05, 0.1) is 18.2 Å². The van der Waals surface area contributed by atoms with E-state index in [2.05, 4.69) is 39.9 Å². The minimum Gasteiger partial charge on any atom is -0.362 e. The van der Waals surface area contributed by atoms with E-state index in [0.29, 0.717) is 25.6 Å². The number of nitriles is 1. The number of carbonyl (C=O) groups excluding carboxylic acids is 2. The molecule has 2 heterocycles. The van der Waals surface area contributed by atoms with Crippen LogP contribution >= 0.6 is 0 Å². The summed E-state index contributed by atoms with van der Waals surface area (Å²) in [6.45, 7) is 5.27. The fourth-order valence-electron chi connectivity index (χ4n) is 4.93. The first-order valence-corrected chi connectivity index (χ1v) is 12.2. The molecule has 0 aromatic heterocycles. The summed E-state index contributed by atoms with van der Waals surface area (Å²) in [4.78, 5) is 31.4. The van der Waals surface area contributed by atoms with Crippen LogP contribution in [0.3, 0.4) is 0 Å². The molecule has 4 rings (SSSR count). The first-order chi connectivity index (χ1) is 16.3. The van der Waals surface area contributed by atoms with Crippen LogP contribution in [-0.4, -0.2) is 53.8 Å². The van der Waals surface area contributed by atoms with Gasteiger partial charge in [-0.2, -0.15) is 5.26 Å². The lowest BCUT2D eigenvalue weighted by Gasteiger charge is -2.36. The Morgan fingerprint density at radius 3 is 2.65 bits per heavy atom. The lowest BCUT2D eigenvalue weighted by molar-refractivity contribution is -0.136. The molecular weight excluding hydrogens is 428 g/mol. The minimum absolute atomic E-state index is 0.000802. The number of benzene rings is 1. The van der Waals surface area contributed by atoms with E-state index in [9.17, 15) is 9.59 Å². The van der Waals surface area contributed by atoms with E-state index in [0.717, 1.165) is 43.4 Å². The van der Waals surface area contributed by atoms with Gasteiger partial charge >= 0.3 is 0 Å². The zero-order chi connectivity index (χ0) is 24.3. The van der Waals surface area contributed by atoms with Crippen molar-refractivity contribution in [3.8, 4) is 6.07 Å². The third-order valence-electron chi connectivity index (χ3n) is 6.85. The first kappa shape index (κ1) is 24.0. The molecule has 34 heavy (non-hydrogen) atoms. The van der Waals surface area contributed by atoms with Gasteiger partial charge in [-0.05, 0) is 81.6 Å². The molecule has 0 saturated carbocycles. The summed E-state index contributed by atoms with van der Waals surface area (Å²) in [6, 6.07) is 7.82. The van der Waals surface area contributed by atoms with Gasteiger partial charge in [0.2, 0.25) is 5.91 Å². The fourth-order valence-corrected chi connectivity index (χ4v) is 4.93. The molecule has 1 unspecified atom stereocenters. The van der Waals surface area contributed by atoms with Crippen LogP contribution in [-0.2, 0) is 9.59 Å². The molecule has 8 nitrogen and oxygen atoms in total. The highest BCUT2D eigenvalue weighted by Gasteiger charge is 2.31. The smallest absolute Gasteiger partial charge is 0.290 e. The Kier molecular flexibility index (Phi) is 7.03. The zero-order valence-electron chi connectivity index (χ0n) is 20.1. The molecule has 1 aromatic rings. The number of nitrogens with zero attached hydrogens (tertiary/aromatic N) is 3. The first-order valence-electron chi connectivity index (χ1n) is 12.2. The predicted octanol–water partition coefficient (Wildman–Crippen LogP) is 2.92. The maximum absolute atomic E-state index is 12.8. The molecule has 1 atom stereocenters. The molecule has 1 fully saturated rings. The molecule has 2 amide bonds. The van der Waals surface area contributed by atoms with Crippen LogP contribution in [0.5, 0.6) is 0 Å². The third kappa shape index (κ3) is 5.31. The summed E-state index contributed by atoms with van der Waals surface area (Å²) in [7, 11) is 0. The Hall–Kier alpha value is -3.18. The Balaban J connectivity index is 1.53. The van der Waals surface area contributed by atoms with Gasteiger partial charge in [0.1, 0.15) is 0 Å².